The lowest BCUT2D eigenvalue weighted by Gasteiger charge is -2.39. The highest BCUT2D eigenvalue weighted by molar-refractivity contribution is 6.30. The molecule has 27 heavy (non-hydrogen) atoms. The van der Waals surface area contributed by atoms with Crippen molar-refractivity contribution in [3.63, 3.8) is 0 Å². The van der Waals surface area contributed by atoms with Crippen LogP contribution in [-0.2, 0) is 9.47 Å². The maximum Gasteiger partial charge on any atom is 0.158 e. The van der Waals surface area contributed by atoms with Crippen LogP contribution >= 0.6 is 23.2 Å². The van der Waals surface area contributed by atoms with E-state index >= 15 is 0 Å². The van der Waals surface area contributed by atoms with Crippen LogP contribution in [0.5, 0.6) is 0 Å². The lowest BCUT2D eigenvalue weighted by molar-refractivity contribution is -0.217. The molecule has 2 aromatic carbocycles. The molecule has 1 aliphatic carbocycles. The Morgan fingerprint density at radius 1 is 0.815 bits per heavy atom. The van der Waals surface area contributed by atoms with Gasteiger partial charge in [0, 0.05) is 16.0 Å². The molecule has 0 amide bonds. The van der Waals surface area contributed by atoms with E-state index in [0.29, 0.717) is 12.7 Å². The van der Waals surface area contributed by atoms with Gasteiger partial charge >= 0.3 is 0 Å². The summed E-state index contributed by atoms with van der Waals surface area (Å²) in [5.41, 5.74) is 2.38. The van der Waals surface area contributed by atoms with E-state index in [0.717, 1.165) is 22.4 Å². The summed E-state index contributed by atoms with van der Waals surface area (Å²) in [7, 11) is 0. The Morgan fingerprint density at radius 3 is 2.04 bits per heavy atom. The van der Waals surface area contributed by atoms with Crippen LogP contribution in [0.2, 0.25) is 10.0 Å². The molecular weight excluding hydrogens is 379 g/mol. The molecule has 1 heterocycles. The Bertz CT molecular complexity index is 684. The van der Waals surface area contributed by atoms with Gasteiger partial charge in [-0.25, -0.2) is 0 Å². The van der Waals surface area contributed by atoms with Gasteiger partial charge in [-0.05, 0) is 67.0 Å². The average Bonchev–Trinajstić information content (AvgIpc) is 2.70. The van der Waals surface area contributed by atoms with Gasteiger partial charge < -0.3 is 9.47 Å². The molecule has 0 unspecified atom stereocenters. The summed E-state index contributed by atoms with van der Waals surface area (Å²) in [6.45, 7) is 0.589. The summed E-state index contributed by atoms with van der Waals surface area (Å²) in [6.07, 6.45) is 7.65. The predicted molar refractivity (Wildman–Crippen MR) is 111 cm³/mol. The molecule has 0 aromatic heterocycles. The number of benzene rings is 2. The number of rotatable bonds is 5. The van der Waals surface area contributed by atoms with Crippen LogP contribution in [0.3, 0.4) is 0 Å². The molecule has 1 aliphatic heterocycles. The fraction of sp³-hybridized carbons (Fsp3) is 0.478. The third-order valence-corrected chi connectivity index (χ3v) is 6.44. The van der Waals surface area contributed by atoms with Crippen molar-refractivity contribution in [3.8, 4) is 0 Å². The van der Waals surface area contributed by atoms with Crippen LogP contribution in [0, 0.1) is 5.92 Å². The van der Waals surface area contributed by atoms with Crippen LogP contribution in [-0.4, -0.2) is 19.0 Å². The maximum absolute atomic E-state index is 6.29. The Kier molecular flexibility index (Phi) is 6.39. The van der Waals surface area contributed by atoms with Crippen molar-refractivity contribution in [3.05, 3.63) is 69.7 Å². The van der Waals surface area contributed by atoms with Gasteiger partial charge in [-0.1, -0.05) is 60.3 Å². The number of halogens is 2. The van der Waals surface area contributed by atoms with Crippen molar-refractivity contribution >= 4 is 23.2 Å². The standard InChI is InChI=1S/C23H26Cl2O2/c24-19-10-5-16(6-11-19)21(17-7-12-20(25)13-8-17)15-26-23-14-9-18-3-1-2-4-22(18)27-23/h5-8,10-13,18,21-23H,1-4,9,14-15H2/t18-,22+,23+/m0/s1. The minimum atomic E-state index is -0.0912. The molecule has 0 spiro atoms. The van der Waals surface area contributed by atoms with Gasteiger partial charge in [-0.3, -0.25) is 0 Å². The summed E-state index contributed by atoms with van der Waals surface area (Å²) in [5.74, 6) is 0.870. The third kappa shape index (κ3) is 4.86. The number of hydrogen-bond donors (Lipinski definition) is 0. The molecule has 0 bridgehead atoms. The predicted octanol–water partition coefficient (Wildman–Crippen LogP) is 6.84. The van der Waals surface area contributed by atoms with Gasteiger partial charge in [0.15, 0.2) is 6.29 Å². The minimum Gasteiger partial charge on any atom is -0.352 e. The molecule has 2 aliphatic rings. The lowest BCUT2D eigenvalue weighted by Crippen LogP contribution is -2.38. The van der Waals surface area contributed by atoms with Crippen molar-refractivity contribution in [2.75, 3.05) is 6.61 Å². The SMILES string of the molecule is Clc1ccc(C(CO[C@H]2CC[C@@H]3CCCC[C@H]3O2)c2ccc(Cl)cc2)cc1. The summed E-state index contributed by atoms with van der Waals surface area (Å²) in [4.78, 5) is 0. The van der Waals surface area contributed by atoms with Gasteiger partial charge in [0.25, 0.3) is 0 Å². The van der Waals surface area contributed by atoms with Gasteiger partial charge in [-0.15, -0.1) is 0 Å². The topological polar surface area (TPSA) is 18.5 Å². The first-order chi connectivity index (χ1) is 13.2. The maximum atomic E-state index is 6.29. The van der Waals surface area contributed by atoms with E-state index < -0.39 is 0 Å². The van der Waals surface area contributed by atoms with Crippen LogP contribution < -0.4 is 0 Å². The van der Waals surface area contributed by atoms with E-state index in [9.17, 15) is 0 Å². The molecule has 2 aromatic rings. The highest BCUT2D eigenvalue weighted by atomic mass is 35.5. The van der Waals surface area contributed by atoms with E-state index in [1.165, 1.54) is 43.2 Å². The molecule has 2 nitrogen and oxygen atoms in total. The number of fused-ring (bicyclic) bond motifs is 1. The zero-order valence-corrected chi connectivity index (χ0v) is 17.0. The molecule has 144 valence electrons. The van der Waals surface area contributed by atoms with Crippen LogP contribution in [0.25, 0.3) is 0 Å². The van der Waals surface area contributed by atoms with Crippen molar-refractivity contribution in [1.29, 1.82) is 0 Å². The van der Waals surface area contributed by atoms with Crippen LogP contribution in [0.1, 0.15) is 55.6 Å². The zero-order valence-electron chi connectivity index (χ0n) is 15.5. The fourth-order valence-corrected chi connectivity index (χ4v) is 4.65. The average molecular weight is 405 g/mol. The van der Waals surface area contributed by atoms with Crippen LogP contribution in [0.15, 0.2) is 48.5 Å². The molecule has 1 saturated heterocycles. The molecule has 2 fully saturated rings. The Balaban J connectivity index is 1.46. The fourth-order valence-electron chi connectivity index (χ4n) is 4.40. The minimum absolute atomic E-state index is 0.0912. The van der Waals surface area contributed by atoms with Crippen molar-refractivity contribution in [2.24, 2.45) is 5.92 Å². The van der Waals surface area contributed by atoms with E-state index in [4.69, 9.17) is 32.7 Å². The molecule has 1 saturated carbocycles. The molecule has 0 N–H and O–H groups in total. The van der Waals surface area contributed by atoms with Gasteiger partial charge in [0.2, 0.25) is 0 Å². The normalized spacial score (nSPS) is 25.4. The smallest absolute Gasteiger partial charge is 0.158 e. The second kappa shape index (κ2) is 8.96. The summed E-state index contributed by atoms with van der Waals surface area (Å²) in [5, 5.41) is 1.49. The van der Waals surface area contributed by atoms with E-state index in [2.05, 4.69) is 24.3 Å². The van der Waals surface area contributed by atoms with Crippen LogP contribution in [0.4, 0.5) is 0 Å². The quantitative estimate of drug-likeness (QED) is 0.542. The zero-order chi connectivity index (χ0) is 18.6. The van der Waals surface area contributed by atoms with Crippen molar-refractivity contribution in [1.82, 2.24) is 0 Å². The Hall–Kier alpha value is -1.06. The largest absolute Gasteiger partial charge is 0.352 e. The first-order valence-corrected chi connectivity index (χ1v) is 10.7. The molecule has 3 atom stereocenters. The van der Waals surface area contributed by atoms with E-state index in [-0.39, 0.29) is 12.2 Å². The van der Waals surface area contributed by atoms with Gasteiger partial charge in [0.05, 0.1) is 12.7 Å². The monoisotopic (exact) mass is 404 g/mol. The summed E-state index contributed by atoms with van der Waals surface area (Å²) >= 11 is 12.2. The highest BCUT2D eigenvalue weighted by Gasteiger charge is 2.33. The molecule has 0 radical (unpaired) electrons. The Labute approximate surface area is 171 Å². The number of hydrogen-bond acceptors (Lipinski definition) is 2. The number of ether oxygens (including phenoxy) is 2. The molecular formula is C23H26Cl2O2. The first-order valence-electron chi connectivity index (χ1n) is 9.97. The van der Waals surface area contributed by atoms with E-state index in [1.807, 2.05) is 24.3 Å². The van der Waals surface area contributed by atoms with Gasteiger partial charge in [-0.2, -0.15) is 0 Å². The van der Waals surface area contributed by atoms with Gasteiger partial charge in [0.1, 0.15) is 0 Å². The first kappa shape index (κ1) is 19.3. The molecule has 4 rings (SSSR count). The third-order valence-electron chi connectivity index (χ3n) is 5.93. The summed E-state index contributed by atoms with van der Waals surface area (Å²) in [6, 6.07) is 16.0. The Morgan fingerprint density at radius 2 is 1.41 bits per heavy atom. The highest BCUT2D eigenvalue weighted by Crippen LogP contribution is 2.37. The lowest BCUT2D eigenvalue weighted by atomic mass is 9.82. The summed E-state index contributed by atoms with van der Waals surface area (Å²) < 4.78 is 12.6. The second-order valence-corrected chi connectivity index (χ2v) is 8.59. The van der Waals surface area contributed by atoms with Crippen molar-refractivity contribution < 1.29 is 9.47 Å². The van der Waals surface area contributed by atoms with Crippen molar-refractivity contribution in [2.45, 2.75) is 56.8 Å². The second-order valence-electron chi connectivity index (χ2n) is 7.72. The molecule has 4 heteroatoms. The van der Waals surface area contributed by atoms with E-state index in [1.54, 1.807) is 0 Å².